The van der Waals surface area contributed by atoms with Crippen molar-refractivity contribution in [2.75, 3.05) is 18.5 Å². The molecule has 0 radical (unpaired) electrons. The van der Waals surface area contributed by atoms with Gasteiger partial charge in [-0.25, -0.2) is 0 Å². The van der Waals surface area contributed by atoms with Gasteiger partial charge in [-0.15, -0.1) is 0 Å². The summed E-state index contributed by atoms with van der Waals surface area (Å²) in [5, 5.41) is 12.7. The zero-order valence-electron chi connectivity index (χ0n) is 17.7. The molecule has 0 fully saturated rings. The molecule has 0 saturated carbocycles. The lowest BCUT2D eigenvalue weighted by Crippen LogP contribution is -2.13. The topological polar surface area (TPSA) is 71.3 Å². The molecular weight excluding hydrogens is 480 g/mol. The maximum absolute atomic E-state index is 12.5. The van der Waals surface area contributed by atoms with Crippen LogP contribution < -0.4 is 14.8 Å². The van der Waals surface area contributed by atoms with Gasteiger partial charge in [0, 0.05) is 10.7 Å². The fourth-order valence-corrected chi connectivity index (χ4v) is 3.62. The third-order valence-corrected chi connectivity index (χ3v) is 5.16. The van der Waals surface area contributed by atoms with E-state index in [-0.39, 0.29) is 5.57 Å². The number of nitriles is 1. The van der Waals surface area contributed by atoms with Gasteiger partial charge in [0.05, 0.1) is 17.7 Å². The first-order valence-electron chi connectivity index (χ1n) is 10.3. The molecule has 0 saturated heterocycles. The molecule has 1 N–H and O–H groups in total. The molecule has 2 aromatic rings. The van der Waals surface area contributed by atoms with Crippen LogP contribution in [0.25, 0.3) is 6.08 Å². The monoisotopic (exact) mass is 504 g/mol. The van der Waals surface area contributed by atoms with E-state index >= 15 is 0 Å². The van der Waals surface area contributed by atoms with E-state index in [0.717, 1.165) is 12.8 Å². The van der Waals surface area contributed by atoms with Crippen molar-refractivity contribution in [3.05, 3.63) is 57.0 Å². The van der Waals surface area contributed by atoms with Crippen LogP contribution in [0, 0.1) is 11.3 Å². The Morgan fingerprint density at radius 2 is 2.00 bits per heavy atom. The highest BCUT2D eigenvalue weighted by molar-refractivity contribution is 9.10. The van der Waals surface area contributed by atoms with Crippen LogP contribution in [-0.4, -0.2) is 19.1 Å². The zero-order valence-corrected chi connectivity index (χ0v) is 20.1. The second-order valence-electron chi connectivity index (χ2n) is 6.81. The number of anilines is 1. The molecule has 5 nitrogen and oxygen atoms in total. The van der Waals surface area contributed by atoms with Crippen LogP contribution >= 0.6 is 27.5 Å². The number of rotatable bonds is 11. The fraction of sp³-hybridized carbons (Fsp3) is 0.333. The number of unbranched alkanes of at least 4 members (excludes halogenated alkanes) is 3. The molecular formula is C24H26BrClN2O3. The largest absolute Gasteiger partial charge is 0.490 e. The van der Waals surface area contributed by atoms with Gasteiger partial charge in [-0.05, 0) is 71.2 Å². The third kappa shape index (κ3) is 7.93. The molecule has 0 spiro atoms. The van der Waals surface area contributed by atoms with Crippen LogP contribution in [0.15, 0.2) is 46.4 Å². The molecule has 0 aliphatic rings. The molecule has 0 heterocycles. The summed E-state index contributed by atoms with van der Waals surface area (Å²) in [6.45, 7) is 5.12. The Morgan fingerprint density at radius 3 is 2.68 bits per heavy atom. The summed E-state index contributed by atoms with van der Waals surface area (Å²) in [7, 11) is 0. The van der Waals surface area contributed by atoms with Gasteiger partial charge in [0.15, 0.2) is 11.5 Å². The average Bonchev–Trinajstić information content (AvgIpc) is 2.73. The van der Waals surface area contributed by atoms with Crippen LogP contribution in [0.5, 0.6) is 11.5 Å². The Bertz CT molecular complexity index is 970. The predicted molar refractivity (Wildman–Crippen MR) is 129 cm³/mol. The average molecular weight is 506 g/mol. The maximum Gasteiger partial charge on any atom is 0.266 e. The van der Waals surface area contributed by atoms with Crippen molar-refractivity contribution in [1.82, 2.24) is 0 Å². The molecule has 0 aliphatic carbocycles. The molecule has 31 heavy (non-hydrogen) atoms. The number of nitrogens with one attached hydrogen (secondary N) is 1. The van der Waals surface area contributed by atoms with Crippen molar-refractivity contribution < 1.29 is 14.3 Å². The van der Waals surface area contributed by atoms with E-state index in [4.69, 9.17) is 21.1 Å². The van der Waals surface area contributed by atoms with Gasteiger partial charge in [0.1, 0.15) is 11.6 Å². The van der Waals surface area contributed by atoms with Gasteiger partial charge in [-0.2, -0.15) is 5.26 Å². The molecule has 2 aromatic carbocycles. The molecule has 164 valence electrons. The Hall–Kier alpha value is -2.49. The number of ether oxygens (including phenoxy) is 2. The molecule has 1 amide bonds. The molecule has 2 rings (SSSR count). The lowest BCUT2D eigenvalue weighted by Gasteiger charge is -2.15. The highest BCUT2D eigenvalue weighted by Gasteiger charge is 2.14. The summed E-state index contributed by atoms with van der Waals surface area (Å²) in [4.78, 5) is 12.5. The summed E-state index contributed by atoms with van der Waals surface area (Å²) in [6.07, 6.45) is 5.95. The number of amides is 1. The van der Waals surface area contributed by atoms with E-state index in [9.17, 15) is 10.1 Å². The molecule has 7 heteroatoms. The maximum atomic E-state index is 12.5. The number of carbonyl (C=O) groups is 1. The standard InChI is InChI=1S/C24H26BrClN2O3/c1-3-5-6-7-11-31-23-21(25)13-17(14-22(23)30-4-2)12-18(16-27)24(29)28-20-10-8-9-19(26)15-20/h8-10,12-15H,3-7,11H2,1-2H3,(H,28,29)/b18-12-. The Morgan fingerprint density at radius 1 is 1.19 bits per heavy atom. The van der Waals surface area contributed by atoms with Gasteiger partial charge >= 0.3 is 0 Å². The third-order valence-electron chi connectivity index (χ3n) is 4.33. The molecule has 0 bridgehead atoms. The summed E-state index contributed by atoms with van der Waals surface area (Å²) >= 11 is 9.48. The van der Waals surface area contributed by atoms with E-state index in [1.807, 2.05) is 13.0 Å². The molecule has 0 atom stereocenters. The van der Waals surface area contributed by atoms with E-state index in [1.54, 1.807) is 36.4 Å². The summed E-state index contributed by atoms with van der Waals surface area (Å²) in [5.74, 6) is 0.665. The number of nitrogens with zero attached hydrogens (tertiary/aromatic N) is 1. The van der Waals surface area contributed by atoms with E-state index in [2.05, 4.69) is 28.2 Å². The van der Waals surface area contributed by atoms with Crippen molar-refractivity contribution in [3.8, 4) is 17.6 Å². The smallest absolute Gasteiger partial charge is 0.266 e. The minimum Gasteiger partial charge on any atom is -0.490 e. The quantitative estimate of drug-likeness (QED) is 0.203. The minimum absolute atomic E-state index is 0.0393. The van der Waals surface area contributed by atoms with Gasteiger partial charge in [0.2, 0.25) is 0 Å². The van der Waals surface area contributed by atoms with Gasteiger partial charge in [-0.1, -0.05) is 43.9 Å². The summed E-state index contributed by atoms with van der Waals surface area (Å²) in [5.41, 5.74) is 1.12. The lowest BCUT2D eigenvalue weighted by molar-refractivity contribution is -0.112. The fourth-order valence-electron chi connectivity index (χ4n) is 2.86. The number of hydrogen-bond donors (Lipinski definition) is 1. The first-order chi connectivity index (χ1) is 15.0. The van der Waals surface area contributed by atoms with Crippen LogP contribution in [0.1, 0.15) is 45.1 Å². The molecule has 0 aliphatic heterocycles. The second kappa shape index (κ2) is 13.0. The Labute approximate surface area is 197 Å². The molecule has 0 unspecified atom stereocenters. The van der Waals surface area contributed by atoms with E-state index in [0.29, 0.717) is 45.5 Å². The number of carbonyl (C=O) groups excluding carboxylic acids is 1. The van der Waals surface area contributed by atoms with Crippen LogP contribution in [0.2, 0.25) is 5.02 Å². The van der Waals surface area contributed by atoms with Crippen LogP contribution in [0.3, 0.4) is 0 Å². The van der Waals surface area contributed by atoms with Crippen LogP contribution in [0.4, 0.5) is 5.69 Å². The number of benzene rings is 2. The predicted octanol–water partition coefficient (Wildman–Crippen LogP) is 7.01. The van der Waals surface area contributed by atoms with Crippen LogP contribution in [-0.2, 0) is 4.79 Å². The lowest BCUT2D eigenvalue weighted by atomic mass is 10.1. The van der Waals surface area contributed by atoms with E-state index in [1.165, 1.54) is 18.9 Å². The van der Waals surface area contributed by atoms with Crippen molar-refractivity contribution >= 4 is 45.2 Å². The van der Waals surface area contributed by atoms with Crippen molar-refractivity contribution in [1.29, 1.82) is 5.26 Å². The first-order valence-corrected chi connectivity index (χ1v) is 11.4. The number of halogens is 2. The van der Waals surface area contributed by atoms with Crippen molar-refractivity contribution in [3.63, 3.8) is 0 Å². The Kier molecular flexibility index (Phi) is 10.4. The van der Waals surface area contributed by atoms with Crippen molar-refractivity contribution in [2.24, 2.45) is 0 Å². The van der Waals surface area contributed by atoms with E-state index < -0.39 is 5.91 Å². The summed E-state index contributed by atoms with van der Waals surface area (Å²) < 4.78 is 12.4. The van der Waals surface area contributed by atoms with Gasteiger partial charge in [0.25, 0.3) is 5.91 Å². The molecule has 0 aromatic heterocycles. The normalized spacial score (nSPS) is 11.0. The highest BCUT2D eigenvalue weighted by Crippen LogP contribution is 2.37. The number of hydrogen-bond acceptors (Lipinski definition) is 4. The summed E-state index contributed by atoms with van der Waals surface area (Å²) in [6, 6.07) is 12.3. The van der Waals surface area contributed by atoms with Crippen molar-refractivity contribution in [2.45, 2.75) is 39.5 Å². The Balaban J connectivity index is 2.21. The van der Waals surface area contributed by atoms with Gasteiger partial charge < -0.3 is 14.8 Å². The SMILES string of the molecule is CCCCCCOc1c(Br)cc(/C=C(/C#N)C(=O)Nc2cccc(Cl)c2)cc1OCC. The second-order valence-corrected chi connectivity index (χ2v) is 8.10. The first kappa shape index (κ1) is 24.8. The van der Waals surface area contributed by atoms with Gasteiger partial charge in [-0.3, -0.25) is 4.79 Å². The minimum atomic E-state index is -0.518. The zero-order chi connectivity index (χ0) is 22.6. The highest BCUT2D eigenvalue weighted by atomic mass is 79.9.